The van der Waals surface area contributed by atoms with E-state index in [4.69, 9.17) is 0 Å². The maximum absolute atomic E-state index is 11.1. The van der Waals surface area contributed by atoms with E-state index in [9.17, 15) is 4.79 Å². The van der Waals surface area contributed by atoms with Crippen molar-refractivity contribution in [1.82, 2.24) is 9.97 Å². The van der Waals surface area contributed by atoms with Gasteiger partial charge in [-0.3, -0.25) is 0 Å². The summed E-state index contributed by atoms with van der Waals surface area (Å²) in [5.41, 5.74) is 1.07. The summed E-state index contributed by atoms with van der Waals surface area (Å²) >= 11 is 2.64. The van der Waals surface area contributed by atoms with Crippen LogP contribution in [0.3, 0.4) is 0 Å². The Labute approximate surface area is 72.2 Å². The first-order valence-electron chi connectivity index (χ1n) is 3.11. The number of nitrogens with one attached hydrogen (secondary N) is 2. The third-order valence-corrected chi connectivity index (χ3v) is 1.73. The number of rotatable bonds is 1. The van der Waals surface area contributed by atoms with Gasteiger partial charge in [0.2, 0.25) is 0 Å². The van der Waals surface area contributed by atoms with Gasteiger partial charge < -0.3 is 0 Å². The summed E-state index contributed by atoms with van der Waals surface area (Å²) in [5.74, 6) is 0. The number of H-pyrrole nitrogens is 1. The molecule has 0 aliphatic carbocycles. The summed E-state index contributed by atoms with van der Waals surface area (Å²) in [7, 11) is 1.69. The molecule has 5 heteroatoms. The Morgan fingerprint density at radius 3 is 2.73 bits per heavy atom. The molecule has 0 atom stereocenters. The van der Waals surface area contributed by atoms with Crippen molar-refractivity contribution in [2.75, 3.05) is 12.4 Å². The summed E-state index contributed by atoms with van der Waals surface area (Å²) in [6, 6.07) is 0. The van der Waals surface area contributed by atoms with Crippen LogP contribution in [0, 0.1) is 6.92 Å². The van der Waals surface area contributed by atoms with Gasteiger partial charge in [0.25, 0.3) is 0 Å². The summed E-state index contributed by atoms with van der Waals surface area (Å²) < 4.78 is 0.520. The number of aryl methyl sites for hydroxylation is 1. The van der Waals surface area contributed by atoms with Crippen LogP contribution in [0.4, 0.5) is 5.69 Å². The second kappa shape index (κ2) is 3.07. The normalized spacial score (nSPS) is 9.64. The molecular formula is C6H8N3OSe. The quantitative estimate of drug-likeness (QED) is 0.588. The predicted octanol–water partition coefficient (Wildman–Crippen LogP) is -1.09. The number of hydrogen-bond acceptors (Lipinski definition) is 3. The number of hydrogen-bond donors (Lipinski definition) is 2. The third kappa shape index (κ3) is 1.61. The Bertz CT molecular complexity index is 320. The number of aromatic amines is 1. The molecule has 1 aromatic rings. The SMILES string of the molecule is CNc1c(C)nc([Se])[nH]c1=O. The van der Waals surface area contributed by atoms with Crippen LogP contribution in [0.2, 0.25) is 0 Å². The van der Waals surface area contributed by atoms with E-state index in [2.05, 4.69) is 31.3 Å². The van der Waals surface area contributed by atoms with Crippen LogP contribution in [-0.2, 0) is 0 Å². The first-order valence-corrected chi connectivity index (χ1v) is 3.96. The van der Waals surface area contributed by atoms with Gasteiger partial charge in [0.15, 0.2) is 0 Å². The first kappa shape index (κ1) is 8.30. The van der Waals surface area contributed by atoms with E-state index >= 15 is 0 Å². The van der Waals surface area contributed by atoms with Crippen LogP contribution in [0.5, 0.6) is 0 Å². The van der Waals surface area contributed by atoms with Crippen molar-refractivity contribution in [3.8, 4) is 0 Å². The number of nitrogens with zero attached hydrogens (tertiary/aromatic N) is 1. The van der Waals surface area contributed by atoms with E-state index in [1.54, 1.807) is 14.0 Å². The molecular weight excluding hydrogens is 209 g/mol. The maximum atomic E-state index is 11.1. The number of anilines is 1. The third-order valence-electron chi connectivity index (χ3n) is 1.33. The van der Waals surface area contributed by atoms with Crippen molar-refractivity contribution in [1.29, 1.82) is 0 Å². The van der Waals surface area contributed by atoms with Gasteiger partial charge >= 0.3 is 71.7 Å². The molecule has 0 aliphatic rings. The zero-order valence-corrected chi connectivity index (χ0v) is 7.98. The molecule has 1 heterocycles. The van der Waals surface area contributed by atoms with Crippen LogP contribution in [0.15, 0.2) is 4.79 Å². The first-order chi connectivity index (χ1) is 5.15. The molecule has 0 aromatic carbocycles. The van der Waals surface area contributed by atoms with E-state index in [0.717, 1.165) is 0 Å². The molecule has 0 spiro atoms. The molecule has 0 unspecified atom stereocenters. The van der Waals surface area contributed by atoms with Gasteiger partial charge in [0.1, 0.15) is 0 Å². The van der Waals surface area contributed by atoms with Crippen LogP contribution >= 0.6 is 0 Å². The molecule has 0 bridgehead atoms. The molecule has 1 radical (unpaired) electrons. The van der Waals surface area contributed by atoms with Crippen molar-refractivity contribution in [2.24, 2.45) is 0 Å². The predicted molar refractivity (Wildman–Crippen MR) is 44.5 cm³/mol. The Morgan fingerprint density at radius 2 is 2.27 bits per heavy atom. The van der Waals surface area contributed by atoms with Gasteiger partial charge in [-0.2, -0.15) is 0 Å². The second-order valence-electron chi connectivity index (χ2n) is 2.08. The fourth-order valence-electron chi connectivity index (χ4n) is 0.855. The van der Waals surface area contributed by atoms with Crippen LogP contribution in [-0.4, -0.2) is 33.0 Å². The van der Waals surface area contributed by atoms with Crippen molar-refractivity contribution in [3.63, 3.8) is 0 Å². The van der Waals surface area contributed by atoms with E-state index in [1.165, 1.54) is 0 Å². The fourth-order valence-corrected chi connectivity index (χ4v) is 1.34. The van der Waals surface area contributed by atoms with Crippen molar-refractivity contribution in [2.45, 2.75) is 6.92 Å². The van der Waals surface area contributed by atoms with Gasteiger partial charge in [0.05, 0.1) is 0 Å². The number of aromatic nitrogens is 2. The van der Waals surface area contributed by atoms with Crippen LogP contribution in [0.1, 0.15) is 5.69 Å². The van der Waals surface area contributed by atoms with E-state index < -0.39 is 0 Å². The van der Waals surface area contributed by atoms with Crippen molar-refractivity contribution < 1.29 is 0 Å². The Hall–Kier alpha value is -0.801. The molecule has 0 aliphatic heterocycles. The van der Waals surface area contributed by atoms with Crippen LogP contribution < -0.4 is 15.6 Å². The van der Waals surface area contributed by atoms with Crippen LogP contribution in [0.25, 0.3) is 0 Å². The molecule has 0 fully saturated rings. The summed E-state index contributed by atoms with van der Waals surface area (Å²) in [5, 5.41) is 2.77. The minimum absolute atomic E-state index is 0.145. The molecule has 4 nitrogen and oxygen atoms in total. The average molecular weight is 217 g/mol. The molecule has 0 amide bonds. The van der Waals surface area contributed by atoms with Crippen molar-refractivity contribution >= 4 is 26.4 Å². The Balaban J connectivity index is 3.37. The molecule has 2 N–H and O–H groups in total. The molecule has 0 saturated carbocycles. The Morgan fingerprint density at radius 1 is 1.64 bits per heavy atom. The molecule has 1 rings (SSSR count). The molecule has 11 heavy (non-hydrogen) atoms. The van der Waals surface area contributed by atoms with E-state index in [1.807, 2.05) is 0 Å². The zero-order chi connectivity index (χ0) is 8.43. The average Bonchev–Trinajstić information content (AvgIpc) is 1.85. The van der Waals surface area contributed by atoms with E-state index in [-0.39, 0.29) is 5.56 Å². The second-order valence-corrected chi connectivity index (χ2v) is 2.89. The Kier molecular flexibility index (Phi) is 2.31. The summed E-state index contributed by atoms with van der Waals surface area (Å²) in [4.78, 5) is 17.7. The zero-order valence-electron chi connectivity index (χ0n) is 6.26. The van der Waals surface area contributed by atoms with Gasteiger partial charge in [-0.15, -0.1) is 0 Å². The summed E-state index contributed by atoms with van der Waals surface area (Å²) in [6.45, 7) is 1.78. The van der Waals surface area contributed by atoms with Gasteiger partial charge in [0, 0.05) is 0 Å². The topological polar surface area (TPSA) is 57.8 Å². The minimum atomic E-state index is -0.145. The van der Waals surface area contributed by atoms with Gasteiger partial charge in [-0.25, -0.2) is 0 Å². The standard InChI is InChI=1S/C6H8N3OSe/c1-3-4(7-2)5(10)9-6(11)8-3/h7H,1-2H3,(H,8,9,10). The molecule has 59 valence electrons. The molecule has 0 saturated heterocycles. The fraction of sp³-hybridized carbons (Fsp3) is 0.333. The van der Waals surface area contributed by atoms with E-state index in [0.29, 0.717) is 16.1 Å². The van der Waals surface area contributed by atoms with Gasteiger partial charge in [-0.05, 0) is 0 Å². The van der Waals surface area contributed by atoms with Gasteiger partial charge in [-0.1, -0.05) is 0 Å². The molecule has 1 aromatic heterocycles. The summed E-state index contributed by atoms with van der Waals surface area (Å²) in [6.07, 6.45) is 0. The van der Waals surface area contributed by atoms with Crippen molar-refractivity contribution in [3.05, 3.63) is 16.0 Å². The monoisotopic (exact) mass is 218 g/mol.